The minimum atomic E-state index is -0.100. The SMILES string of the molecule is COc1ccccc1-c1ccc2c(c1)NC(=O)C2SC. The van der Waals surface area contributed by atoms with Gasteiger partial charge in [-0.3, -0.25) is 4.79 Å². The summed E-state index contributed by atoms with van der Waals surface area (Å²) in [4.78, 5) is 11.9. The monoisotopic (exact) mass is 285 g/mol. The molecule has 0 saturated carbocycles. The smallest absolute Gasteiger partial charge is 0.242 e. The largest absolute Gasteiger partial charge is 0.496 e. The lowest BCUT2D eigenvalue weighted by Crippen LogP contribution is -2.08. The van der Waals surface area contributed by atoms with Gasteiger partial charge in [0.05, 0.1) is 7.11 Å². The number of carbonyl (C=O) groups is 1. The Kier molecular flexibility index (Phi) is 3.40. The molecule has 1 aliphatic rings. The molecule has 1 unspecified atom stereocenters. The van der Waals surface area contributed by atoms with Gasteiger partial charge in [0.1, 0.15) is 11.0 Å². The summed E-state index contributed by atoms with van der Waals surface area (Å²) < 4.78 is 5.39. The van der Waals surface area contributed by atoms with E-state index in [4.69, 9.17) is 4.74 Å². The average Bonchev–Trinajstić information content (AvgIpc) is 2.81. The molecule has 1 heterocycles. The van der Waals surface area contributed by atoms with Crippen LogP contribution in [0.4, 0.5) is 5.69 Å². The van der Waals surface area contributed by atoms with Gasteiger partial charge in [0, 0.05) is 11.3 Å². The van der Waals surface area contributed by atoms with Gasteiger partial charge < -0.3 is 10.1 Å². The van der Waals surface area contributed by atoms with Gasteiger partial charge in [-0.05, 0) is 29.5 Å². The van der Waals surface area contributed by atoms with Gasteiger partial charge in [0.15, 0.2) is 0 Å². The number of carbonyl (C=O) groups excluding carboxylic acids is 1. The number of methoxy groups -OCH3 is 1. The van der Waals surface area contributed by atoms with E-state index >= 15 is 0 Å². The molecule has 1 atom stereocenters. The Bertz CT molecular complexity index is 669. The van der Waals surface area contributed by atoms with Crippen LogP contribution in [0.3, 0.4) is 0 Å². The van der Waals surface area contributed by atoms with Crippen LogP contribution in [0.5, 0.6) is 5.75 Å². The zero-order valence-electron chi connectivity index (χ0n) is 11.3. The van der Waals surface area contributed by atoms with Crippen molar-refractivity contribution >= 4 is 23.4 Å². The van der Waals surface area contributed by atoms with Gasteiger partial charge in [0.25, 0.3) is 0 Å². The Morgan fingerprint density at radius 1 is 1.20 bits per heavy atom. The van der Waals surface area contributed by atoms with Crippen molar-refractivity contribution in [3.8, 4) is 16.9 Å². The molecule has 0 fully saturated rings. The molecule has 0 saturated heterocycles. The average molecular weight is 285 g/mol. The van der Waals surface area contributed by atoms with E-state index in [-0.39, 0.29) is 11.2 Å². The molecule has 20 heavy (non-hydrogen) atoms. The Morgan fingerprint density at radius 2 is 2.00 bits per heavy atom. The third-order valence-corrected chi connectivity index (χ3v) is 4.42. The van der Waals surface area contributed by atoms with E-state index in [9.17, 15) is 4.79 Å². The topological polar surface area (TPSA) is 38.3 Å². The lowest BCUT2D eigenvalue weighted by Gasteiger charge is -2.10. The third kappa shape index (κ3) is 2.06. The number of amides is 1. The molecule has 3 rings (SSSR count). The molecule has 1 amide bonds. The van der Waals surface area contributed by atoms with E-state index in [0.717, 1.165) is 28.1 Å². The van der Waals surface area contributed by atoms with Gasteiger partial charge >= 0.3 is 0 Å². The maximum absolute atomic E-state index is 11.9. The minimum Gasteiger partial charge on any atom is -0.496 e. The molecule has 0 aliphatic carbocycles. The van der Waals surface area contributed by atoms with Crippen LogP contribution in [0.2, 0.25) is 0 Å². The van der Waals surface area contributed by atoms with E-state index in [2.05, 4.69) is 5.32 Å². The molecule has 0 radical (unpaired) electrons. The molecule has 0 spiro atoms. The van der Waals surface area contributed by atoms with Crippen molar-refractivity contribution < 1.29 is 9.53 Å². The molecule has 102 valence electrons. The lowest BCUT2D eigenvalue weighted by atomic mass is 10.0. The van der Waals surface area contributed by atoms with Crippen LogP contribution in [0.25, 0.3) is 11.1 Å². The molecule has 1 N–H and O–H groups in total. The minimum absolute atomic E-state index is 0.0599. The van der Waals surface area contributed by atoms with Crippen molar-refractivity contribution in [3.05, 3.63) is 48.0 Å². The van der Waals surface area contributed by atoms with Crippen molar-refractivity contribution in [1.29, 1.82) is 0 Å². The van der Waals surface area contributed by atoms with Crippen molar-refractivity contribution in [2.24, 2.45) is 0 Å². The normalized spacial score (nSPS) is 16.7. The fraction of sp³-hybridized carbons (Fsp3) is 0.188. The number of nitrogens with one attached hydrogen (secondary N) is 1. The van der Waals surface area contributed by atoms with E-state index in [1.807, 2.05) is 48.7 Å². The zero-order chi connectivity index (χ0) is 14.1. The fourth-order valence-electron chi connectivity index (χ4n) is 2.52. The number of rotatable bonds is 3. The second-order valence-electron chi connectivity index (χ2n) is 4.61. The van der Waals surface area contributed by atoms with Crippen LogP contribution in [0.15, 0.2) is 42.5 Å². The number of benzene rings is 2. The summed E-state index contributed by atoms with van der Waals surface area (Å²) in [6.45, 7) is 0. The molecule has 2 aromatic rings. The lowest BCUT2D eigenvalue weighted by molar-refractivity contribution is -0.115. The first-order valence-electron chi connectivity index (χ1n) is 6.35. The number of anilines is 1. The fourth-order valence-corrected chi connectivity index (χ4v) is 3.25. The highest BCUT2D eigenvalue weighted by Gasteiger charge is 2.29. The summed E-state index contributed by atoms with van der Waals surface area (Å²) in [5, 5.41) is 2.85. The van der Waals surface area contributed by atoms with Gasteiger partial charge in [-0.15, -0.1) is 11.8 Å². The Hall–Kier alpha value is -1.94. The van der Waals surface area contributed by atoms with Crippen molar-refractivity contribution in [2.75, 3.05) is 18.7 Å². The summed E-state index contributed by atoms with van der Waals surface area (Å²) >= 11 is 1.56. The molecule has 4 heteroatoms. The summed E-state index contributed by atoms with van der Waals surface area (Å²) in [5.41, 5.74) is 4.03. The first-order valence-corrected chi connectivity index (χ1v) is 7.64. The summed E-state index contributed by atoms with van der Waals surface area (Å²) in [7, 11) is 1.66. The molecule has 3 nitrogen and oxygen atoms in total. The Morgan fingerprint density at radius 3 is 2.75 bits per heavy atom. The Labute approximate surface area is 122 Å². The highest BCUT2D eigenvalue weighted by Crippen LogP contribution is 2.41. The van der Waals surface area contributed by atoms with Crippen LogP contribution in [0.1, 0.15) is 10.8 Å². The summed E-state index contributed by atoms with van der Waals surface area (Å²) in [6, 6.07) is 14.0. The van der Waals surface area contributed by atoms with Gasteiger partial charge in [-0.25, -0.2) is 0 Å². The van der Waals surface area contributed by atoms with Crippen molar-refractivity contribution in [1.82, 2.24) is 0 Å². The van der Waals surface area contributed by atoms with E-state index < -0.39 is 0 Å². The van der Waals surface area contributed by atoms with E-state index in [0.29, 0.717) is 0 Å². The second-order valence-corrected chi connectivity index (χ2v) is 5.55. The molecular weight excluding hydrogens is 270 g/mol. The zero-order valence-corrected chi connectivity index (χ0v) is 12.2. The van der Waals surface area contributed by atoms with Crippen LogP contribution in [0, 0.1) is 0 Å². The standard InChI is InChI=1S/C16H15NO2S/c1-19-14-6-4-3-5-11(14)10-7-8-12-13(9-10)17-16(18)15(12)20-2/h3-9,15H,1-2H3,(H,17,18). The first kappa shape index (κ1) is 13.1. The second kappa shape index (κ2) is 5.21. The quantitative estimate of drug-likeness (QED) is 0.934. The van der Waals surface area contributed by atoms with Gasteiger partial charge in [-0.2, -0.15) is 0 Å². The predicted molar refractivity (Wildman–Crippen MR) is 83.3 cm³/mol. The molecule has 2 aromatic carbocycles. The van der Waals surface area contributed by atoms with E-state index in [1.54, 1.807) is 18.9 Å². The highest BCUT2D eigenvalue weighted by molar-refractivity contribution is 7.99. The first-order chi connectivity index (χ1) is 9.74. The number of ether oxygens (including phenoxy) is 1. The van der Waals surface area contributed by atoms with E-state index in [1.165, 1.54) is 0 Å². The van der Waals surface area contributed by atoms with Crippen LogP contribution >= 0.6 is 11.8 Å². The maximum atomic E-state index is 11.9. The van der Waals surface area contributed by atoms with Crippen LogP contribution in [-0.4, -0.2) is 19.3 Å². The van der Waals surface area contributed by atoms with Crippen LogP contribution in [-0.2, 0) is 4.79 Å². The summed E-state index contributed by atoms with van der Waals surface area (Å²) in [6.07, 6.45) is 1.95. The third-order valence-electron chi connectivity index (χ3n) is 3.49. The molecular formula is C16H15NO2S. The number of para-hydroxylation sites is 1. The summed E-state index contributed by atoms with van der Waals surface area (Å²) in [5.74, 6) is 0.892. The van der Waals surface area contributed by atoms with Crippen molar-refractivity contribution in [2.45, 2.75) is 5.25 Å². The highest BCUT2D eigenvalue weighted by atomic mass is 32.2. The predicted octanol–water partition coefficient (Wildman–Crippen LogP) is 3.72. The number of thioether (sulfide) groups is 1. The number of hydrogen-bond acceptors (Lipinski definition) is 3. The van der Waals surface area contributed by atoms with Gasteiger partial charge in [-0.1, -0.05) is 30.3 Å². The molecule has 0 bridgehead atoms. The molecule has 1 aliphatic heterocycles. The molecule has 0 aromatic heterocycles. The van der Waals surface area contributed by atoms with Gasteiger partial charge in [0.2, 0.25) is 5.91 Å². The van der Waals surface area contributed by atoms with Crippen molar-refractivity contribution in [3.63, 3.8) is 0 Å². The number of fused-ring (bicyclic) bond motifs is 1. The number of hydrogen-bond donors (Lipinski definition) is 1. The Balaban J connectivity index is 2.06. The van der Waals surface area contributed by atoms with Crippen LogP contribution < -0.4 is 10.1 Å². The maximum Gasteiger partial charge on any atom is 0.242 e.